The molecule has 0 spiro atoms. The summed E-state index contributed by atoms with van der Waals surface area (Å²) in [4.78, 5) is 127. The molecule has 6 aromatic carbocycles. The number of fused-ring (bicyclic) bond motifs is 4. The zero-order chi connectivity index (χ0) is 83.7. The van der Waals surface area contributed by atoms with Crippen molar-refractivity contribution in [2.24, 2.45) is 0 Å². The molecular weight excluding hydrogens is 1600 g/mol. The molecule has 0 atom stereocenters. The number of aliphatic carboxylic acids is 4. The molecule has 0 amide bonds. The van der Waals surface area contributed by atoms with Crippen molar-refractivity contribution in [3.05, 3.63) is 172 Å². The summed E-state index contributed by atoms with van der Waals surface area (Å²) in [5, 5.41) is 66.7. The van der Waals surface area contributed by atoms with E-state index < -0.39 is 84.8 Å². The standard InChI is InChI=1S/C41H40Cl2N2O13.C37H32Cl2N2O13.CH4O.Li.H2O/c1-22-7-8-29(44(18-37(48)52-3)19-38(49)53-4)35(11-22)56-9-10-57-36-15-24(23(2)12-30(36)45(20-39(50)54-5)21-40(51)55-6)41-25-13-27(42)31(46)16-33(25)58-34-17-32(47)28(43)14-26(34)41;1-18-3-4-25(40(14-33(44)45)15-34(46)47)31(7-18)52-5-6-53-32-11-20(19(2)8-26(32)41(16-35(48)49)17-36(50)51)37-21-9-23(38)27(42)12-29(21)54-30-13-28(43)24(39)10-22(30)37;1-2;;/h7-8,11-17,46H,9-10,18-21H2,1-6H3;3-4,7-13,42H,5-6,14-17H2,1-2H3,(H,44,45)(H,46,47)(H,48,49)(H,50,51);2H,1H3;;1H2/q;;;+1;/p-1. The Kier molecular flexibility index (Phi) is 33.6. The van der Waals surface area contributed by atoms with Crippen LogP contribution in [-0.4, -0.2) is 203 Å². The molecule has 0 radical (unpaired) electrons. The zero-order valence-corrected chi connectivity index (χ0v) is 66.9. The number of hydrogen-bond acceptors (Lipinski definition) is 28. The molecule has 8 N–H and O–H groups in total. The minimum Gasteiger partial charge on any atom is -0.870 e. The second-order valence-corrected chi connectivity index (χ2v) is 26.6. The van der Waals surface area contributed by atoms with Crippen LogP contribution in [0.5, 0.6) is 34.5 Å². The van der Waals surface area contributed by atoms with E-state index in [1.165, 1.54) is 92.8 Å². The molecule has 2 aliphatic carbocycles. The van der Waals surface area contributed by atoms with Crippen molar-refractivity contribution in [2.75, 3.05) is 134 Å². The first-order chi connectivity index (χ1) is 54.2. The maximum Gasteiger partial charge on any atom is 1.00 e. The van der Waals surface area contributed by atoms with Crippen LogP contribution in [-0.2, 0) is 57.3 Å². The Balaban J connectivity index is 0.000000348. The number of rotatable bonds is 32. The SMILES string of the molecule is CO.COC(=O)CN(CC(=O)OC)c1ccc(C)cc1OCCOc1cc(-c2c3cc(Cl)c(=O)cc-3oc3cc(O)c(Cl)cc23)c(C)cc1N(CC(=O)OC)CC(=O)OC.Cc1ccc(N(CC(=O)O)CC(=O)O)c(OCCOc2cc(-c3c4cc(Cl)c(=O)cc-4oc4cc(O)c(Cl)cc34)c(C)cc2N(CC(=O)O)CC(=O)O)c1.[Li+].[OH-]. The summed E-state index contributed by atoms with van der Waals surface area (Å²) in [7, 11) is 5.91. The number of aromatic hydroxyl groups is 2. The van der Waals surface area contributed by atoms with Gasteiger partial charge in [0.15, 0.2) is 0 Å². The number of aliphatic hydroxyl groups is 1. The summed E-state index contributed by atoms with van der Waals surface area (Å²) in [6.07, 6.45) is 0. The maximum absolute atomic E-state index is 12.6. The summed E-state index contributed by atoms with van der Waals surface area (Å²) >= 11 is 25.4. The van der Waals surface area contributed by atoms with Gasteiger partial charge in [0.05, 0.1) is 71.3 Å². The fraction of sp³-hybridized carbons (Fsp3) is 0.266. The fourth-order valence-electron chi connectivity index (χ4n) is 12.0. The first kappa shape index (κ1) is 93.0. The number of nitrogens with zero attached hydrogens (tertiary/aromatic N) is 4. The molecule has 2 aliphatic heterocycles. The Labute approximate surface area is 692 Å². The molecular formula is C79H77Cl4LiN4O28. The molecule has 0 aromatic heterocycles. The van der Waals surface area contributed by atoms with Crippen molar-refractivity contribution in [2.45, 2.75) is 27.7 Å². The normalized spacial score (nSPS) is 10.6. The van der Waals surface area contributed by atoms with Gasteiger partial charge in [0.2, 0.25) is 10.9 Å². The number of halogens is 4. The number of phenols is 2. The molecule has 37 heteroatoms. The molecule has 116 heavy (non-hydrogen) atoms. The number of esters is 4. The molecule has 0 saturated heterocycles. The second kappa shape index (κ2) is 42.0. The van der Waals surface area contributed by atoms with Crippen LogP contribution < -0.4 is 68.3 Å². The Morgan fingerprint density at radius 1 is 0.371 bits per heavy atom. The van der Waals surface area contributed by atoms with Crippen molar-refractivity contribution < 1.29 is 145 Å². The van der Waals surface area contributed by atoms with Gasteiger partial charge in [0.25, 0.3) is 0 Å². The van der Waals surface area contributed by atoms with Gasteiger partial charge in [-0.25, -0.2) is 0 Å². The van der Waals surface area contributed by atoms with Gasteiger partial charge in [0.1, 0.15) is 136 Å². The van der Waals surface area contributed by atoms with E-state index in [1.54, 1.807) is 75.4 Å². The smallest absolute Gasteiger partial charge is 0.870 e. The molecule has 610 valence electrons. The number of aryl methyl sites for hydroxylation is 4. The molecule has 0 saturated carbocycles. The van der Waals surface area contributed by atoms with Crippen LogP contribution in [0.1, 0.15) is 22.3 Å². The third-order valence-electron chi connectivity index (χ3n) is 17.1. The van der Waals surface area contributed by atoms with Crippen LogP contribution in [0.4, 0.5) is 22.7 Å². The number of carbonyl (C=O) groups is 8. The minimum absolute atomic E-state index is 0. The van der Waals surface area contributed by atoms with Crippen molar-refractivity contribution in [3.8, 4) is 79.4 Å². The summed E-state index contributed by atoms with van der Waals surface area (Å²) < 4.78 is 56.3. The molecule has 0 fully saturated rings. The van der Waals surface area contributed by atoms with Gasteiger partial charge in [-0.15, -0.1) is 0 Å². The number of ether oxygens (including phenoxy) is 8. The number of anilines is 4. The third-order valence-corrected chi connectivity index (χ3v) is 18.3. The largest absolute Gasteiger partial charge is 1.00 e. The average Bonchev–Trinajstić information content (AvgIpc) is 0.743. The number of aliphatic hydroxyl groups excluding tert-OH is 1. The quantitative estimate of drug-likeness (QED) is 0.00690. The summed E-state index contributed by atoms with van der Waals surface area (Å²) in [6, 6.07) is 27.5. The second-order valence-electron chi connectivity index (χ2n) is 25.0. The minimum atomic E-state index is -1.31. The van der Waals surface area contributed by atoms with Crippen LogP contribution in [0.3, 0.4) is 0 Å². The monoisotopic (exact) mass is 1680 g/mol. The first-order valence-electron chi connectivity index (χ1n) is 34.0. The van der Waals surface area contributed by atoms with E-state index in [0.29, 0.717) is 72.4 Å². The van der Waals surface area contributed by atoms with E-state index >= 15 is 0 Å². The third kappa shape index (κ3) is 23.2. The Hall–Kier alpha value is -11.9. The van der Waals surface area contributed by atoms with Crippen molar-refractivity contribution in [3.63, 3.8) is 0 Å². The number of carbonyl (C=O) groups excluding carboxylic acids is 4. The number of phenolic OH excluding ortho intramolecular Hbond substituents is 2. The molecule has 4 aliphatic rings. The number of carboxylic acids is 4. The van der Waals surface area contributed by atoms with Crippen molar-refractivity contribution in [1.29, 1.82) is 0 Å². The number of methoxy groups -OCH3 is 4. The van der Waals surface area contributed by atoms with Crippen LogP contribution in [0.25, 0.3) is 66.8 Å². The van der Waals surface area contributed by atoms with Crippen molar-refractivity contribution in [1.82, 2.24) is 0 Å². The van der Waals surface area contributed by atoms with Gasteiger partial charge in [-0.05, 0) is 134 Å². The Morgan fingerprint density at radius 2 is 0.655 bits per heavy atom. The summed E-state index contributed by atoms with van der Waals surface area (Å²) in [6.45, 7) is 2.62. The van der Waals surface area contributed by atoms with E-state index in [2.05, 4.69) is 0 Å². The topological polar surface area (TPSA) is 455 Å². The number of hydrogen-bond donors (Lipinski definition) is 7. The van der Waals surface area contributed by atoms with E-state index in [0.717, 1.165) is 28.0 Å². The van der Waals surface area contributed by atoms with Gasteiger partial charge in [-0.3, -0.25) is 47.9 Å². The predicted octanol–water partition coefficient (Wildman–Crippen LogP) is 8.00. The number of carboxylic acid groups (broad SMARTS) is 4. The van der Waals surface area contributed by atoms with E-state index in [9.17, 15) is 78.6 Å². The first-order valence-corrected chi connectivity index (χ1v) is 35.5. The fourth-order valence-corrected chi connectivity index (χ4v) is 12.7. The van der Waals surface area contributed by atoms with E-state index in [4.69, 9.17) is 98.2 Å². The average molecular weight is 1680 g/mol. The molecule has 0 bridgehead atoms. The predicted molar refractivity (Wildman–Crippen MR) is 424 cm³/mol. The number of benzene rings is 8. The zero-order valence-electron chi connectivity index (χ0n) is 63.9. The van der Waals surface area contributed by atoms with Gasteiger partial charge < -0.3 is 108 Å². The Morgan fingerprint density at radius 3 is 0.957 bits per heavy atom. The van der Waals surface area contributed by atoms with Gasteiger partial charge in [-0.2, -0.15) is 0 Å². The molecule has 2 heterocycles. The molecule has 32 nitrogen and oxygen atoms in total. The van der Waals surface area contributed by atoms with Gasteiger partial charge in [0, 0.05) is 64.4 Å². The molecule has 0 unspecified atom stereocenters. The van der Waals surface area contributed by atoms with Crippen LogP contribution in [0.15, 0.2) is 128 Å². The summed E-state index contributed by atoms with van der Waals surface area (Å²) in [5.41, 5.74) is 5.94. The van der Waals surface area contributed by atoms with E-state index in [-0.39, 0.29) is 160 Å². The summed E-state index contributed by atoms with van der Waals surface area (Å²) in [5.74, 6) is -7.11. The molecule has 6 aromatic rings. The maximum atomic E-state index is 12.6. The van der Waals surface area contributed by atoms with Gasteiger partial charge in [-0.1, -0.05) is 58.5 Å². The van der Waals surface area contributed by atoms with Crippen LogP contribution in [0, 0.1) is 27.7 Å². The molecule has 10 rings (SSSR count). The Bertz CT molecular complexity index is 5320. The van der Waals surface area contributed by atoms with E-state index in [1.807, 2.05) is 6.92 Å². The van der Waals surface area contributed by atoms with Crippen LogP contribution in [0.2, 0.25) is 20.1 Å². The van der Waals surface area contributed by atoms with Gasteiger partial charge >= 0.3 is 66.6 Å². The van der Waals surface area contributed by atoms with Crippen LogP contribution >= 0.6 is 46.4 Å². The van der Waals surface area contributed by atoms with Crippen molar-refractivity contribution >= 4 is 139 Å².